The second-order valence-corrected chi connectivity index (χ2v) is 9.64. The SMILES string of the molecule is CN1c2ccc(C(F)(F)F)cc2C(C)(C)C12C=Cc1cc(C=O)cc(-c3nc4ccccc4o3)c1O2. The number of hydrogen-bond donors (Lipinski definition) is 0. The Hall–Kier alpha value is -4.07. The fourth-order valence-electron chi connectivity index (χ4n) is 5.33. The van der Waals surface area contributed by atoms with E-state index < -0.39 is 22.9 Å². The highest BCUT2D eigenvalue weighted by Gasteiger charge is 2.58. The van der Waals surface area contributed by atoms with Crippen LogP contribution in [0.15, 0.2) is 65.1 Å². The summed E-state index contributed by atoms with van der Waals surface area (Å²) in [5.41, 5.74) is 1.28. The van der Waals surface area contributed by atoms with Crippen LogP contribution < -0.4 is 9.64 Å². The number of nitrogens with zero attached hydrogens (tertiary/aromatic N) is 2. The van der Waals surface area contributed by atoms with Crippen molar-refractivity contribution in [3.63, 3.8) is 0 Å². The Kier molecular flexibility index (Phi) is 4.49. The summed E-state index contributed by atoms with van der Waals surface area (Å²) in [6.07, 6.45) is -0.0364. The van der Waals surface area contributed by atoms with Crippen molar-refractivity contribution in [2.24, 2.45) is 0 Å². The van der Waals surface area contributed by atoms with Gasteiger partial charge in [-0.1, -0.05) is 12.1 Å². The van der Waals surface area contributed by atoms with Crippen molar-refractivity contribution < 1.29 is 27.1 Å². The van der Waals surface area contributed by atoms with Gasteiger partial charge in [0, 0.05) is 23.9 Å². The second-order valence-electron chi connectivity index (χ2n) is 9.64. The second kappa shape index (κ2) is 7.22. The van der Waals surface area contributed by atoms with Crippen LogP contribution in [0.4, 0.5) is 18.9 Å². The standard InChI is InChI=1S/C28H21F3N2O3/c1-26(2)20-14-18(28(29,30)31)8-9-22(20)33(3)27(26)11-10-17-12-16(15-34)13-19(24(17)36-27)25-32-21-6-4-5-7-23(21)35-25/h4-15H,1-3H3. The molecule has 1 unspecified atom stereocenters. The van der Waals surface area contributed by atoms with Gasteiger partial charge < -0.3 is 14.1 Å². The van der Waals surface area contributed by atoms with Crippen molar-refractivity contribution in [1.29, 1.82) is 0 Å². The number of likely N-dealkylation sites (N-methyl/N-ethyl adjacent to an activating group) is 1. The average molecular weight is 490 g/mol. The number of aldehydes is 1. The molecule has 8 heteroatoms. The van der Waals surface area contributed by atoms with Crippen molar-refractivity contribution in [1.82, 2.24) is 4.98 Å². The number of ether oxygens (including phenoxy) is 1. The van der Waals surface area contributed by atoms with E-state index in [-0.39, 0.29) is 5.89 Å². The number of hydrogen-bond acceptors (Lipinski definition) is 5. The Bertz CT molecular complexity index is 1550. The van der Waals surface area contributed by atoms with E-state index in [0.29, 0.717) is 44.8 Å². The van der Waals surface area contributed by atoms with Crippen molar-refractivity contribution in [3.05, 3.63) is 82.9 Å². The van der Waals surface area contributed by atoms with Crippen LogP contribution in [-0.4, -0.2) is 24.0 Å². The smallest absolute Gasteiger partial charge is 0.416 e. The molecule has 1 atom stereocenters. The molecular formula is C28H21F3N2O3. The number of fused-ring (bicyclic) bond motifs is 3. The first kappa shape index (κ1) is 22.4. The van der Waals surface area contributed by atoms with Crippen molar-refractivity contribution >= 4 is 29.1 Å². The van der Waals surface area contributed by atoms with E-state index in [1.54, 1.807) is 25.2 Å². The van der Waals surface area contributed by atoms with Crippen molar-refractivity contribution in [2.45, 2.75) is 31.2 Å². The minimum absolute atomic E-state index is 0.289. The maximum Gasteiger partial charge on any atom is 0.416 e. The molecule has 5 nitrogen and oxygen atoms in total. The quantitative estimate of drug-likeness (QED) is 0.288. The number of halogens is 3. The topological polar surface area (TPSA) is 55.6 Å². The molecule has 0 bridgehead atoms. The molecule has 3 aromatic carbocycles. The molecule has 0 amide bonds. The molecule has 2 aliphatic heterocycles. The zero-order valence-corrected chi connectivity index (χ0v) is 19.7. The molecule has 1 aromatic heterocycles. The Morgan fingerprint density at radius 3 is 2.56 bits per heavy atom. The molecule has 4 aromatic rings. The van der Waals surface area contributed by atoms with E-state index in [0.717, 1.165) is 12.4 Å². The molecule has 1 spiro atoms. The van der Waals surface area contributed by atoms with Gasteiger partial charge in [0.15, 0.2) is 5.58 Å². The monoisotopic (exact) mass is 490 g/mol. The van der Waals surface area contributed by atoms with Crippen LogP contribution >= 0.6 is 0 Å². The molecule has 0 radical (unpaired) electrons. The number of benzene rings is 3. The van der Waals surface area contributed by atoms with Gasteiger partial charge in [-0.3, -0.25) is 4.79 Å². The fourth-order valence-corrected chi connectivity index (χ4v) is 5.33. The molecule has 0 fully saturated rings. The summed E-state index contributed by atoms with van der Waals surface area (Å²) < 4.78 is 53.3. The zero-order chi connectivity index (χ0) is 25.5. The van der Waals surface area contributed by atoms with E-state index in [2.05, 4.69) is 4.98 Å². The molecule has 36 heavy (non-hydrogen) atoms. The van der Waals surface area contributed by atoms with Gasteiger partial charge in [-0.25, -0.2) is 4.98 Å². The summed E-state index contributed by atoms with van der Waals surface area (Å²) in [6, 6.07) is 14.4. The zero-order valence-electron chi connectivity index (χ0n) is 19.7. The Labute approximate surface area is 204 Å². The number of aromatic nitrogens is 1. The molecule has 182 valence electrons. The van der Waals surface area contributed by atoms with Crippen molar-refractivity contribution in [3.8, 4) is 17.2 Å². The summed E-state index contributed by atoms with van der Waals surface area (Å²) in [4.78, 5) is 18.1. The first-order valence-electron chi connectivity index (χ1n) is 11.4. The average Bonchev–Trinajstić information content (AvgIpc) is 3.35. The van der Waals surface area contributed by atoms with Crippen molar-refractivity contribution in [2.75, 3.05) is 11.9 Å². The fraction of sp³-hybridized carbons (Fsp3) is 0.214. The minimum atomic E-state index is -4.46. The molecule has 0 N–H and O–H groups in total. The van der Waals surface area contributed by atoms with Gasteiger partial charge in [-0.05, 0) is 74.0 Å². The predicted molar refractivity (Wildman–Crippen MR) is 130 cm³/mol. The highest BCUT2D eigenvalue weighted by atomic mass is 19.4. The summed E-state index contributed by atoms with van der Waals surface area (Å²) in [5.74, 6) is 0.732. The largest absolute Gasteiger partial charge is 0.462 e. The van der Waals surface area contributed by atoms with E-state index >= 15 is 0 Å². The summed E-state index contributed by atoms with van der Waals surface area (Å²) >= 11 is 0. The first-order valence-corrected chi connectivity index (χ1v) is 11.4. The van der Waals surface area contributed by atoms with Crippen LogP contribution in [0.1, 0.15) is 40.9 Å². The lowest BCUT2D eigenvalue weighted by molar-refractivity contribution is -0.137. The van der Waals surface area contributed by atoms with Crippen LogP contribution in [-0.2, 0) is 11.6 Å². The van der Waals surface area contributed by atoms with Crippen LogP contribution in [0.5, 0.6) is 5.75 Å². The number of rotatable bonds is 2. The van der Waals surface area contributed by atoms with Crippen LogP contribution in [0.3, 0.4) is 0 Å². The molecule has 0 saturated carbocycles. The van der Waals surface area contributed by atoms with Gasteiger partial charge in [0.05, 0.1) is 16.5 Å². The lowest BCUT2D eigenvalue weighted by Gasteiger charge is -2.46. The number of alkyl halides is 3. The van der Waals surface area contributed by atoms with Crippen LogP contribution in [0.25, 0.3) is 28.6 Å². The number of oxazole rings is 1. The van der Waals surface area contributed by atoms with Gasteiger partial charge in [0.2, 0.25) is 11.6 Å². The summed E-state index contributed by atoms with van der Waals surface area (Å²) in [6.45, 7) is 3.73. The molecule has 2 aliphatic rings. The normalized spacial score (nSPS) is 19.9. The lowest BCUT2D eigenvalue weighted by atomic mass is 9.76. The number of carbonyl (C=O) groups excluding carboxylic acids is 1. The molecule has 0 saturated heterocycles. The van der Waals surface area contributed by atoms with E-state index in [1.807, 2.05) is 49.1 Å². The summed E-state index contributed by atoms with van der Waals surface area (Å²) in [5, 5.41) is 0. The number of carbonyl (C=O) groups is 1. The minimum Gasteiger partial charge on any atom is -0.462 e. The number of para-hydroxylation sites is 2. The van der Waals surface area contributed by atoms with Gasteiger partial charge in [-0.2, -0.15) is 13.2 Å². The van der Waals surface area contributed by atoms with E-state index in [9.17, 15) is 18.0 Å². The molecular weight excluding hydrogens is 469 g/mol. The predicted octanol–water partition coefficient (Wildman–Crippen LogP) is 6.86. The first-order chi connectivity index (χ1) is 17.0. The molecule has 3 heterocycles. The molecule has 6 rings (SSSR count). The Morgan fingerprint density at radius 1 is 1.06 bits per heavy atom. The van der Waals surface area contributed by atoms with Gasteiger partial charge in [0.25, 0.3) is 0 Å². The lowest BCUT2D eigenvalue weighted by Crippen LogP contribution is -2.58. The van der Waals surface area contributed by atoms with E-state index in [1.165, 1.54) is 12.1 Å². The maximum absolute atomic E-state index is 13.5. The third-order valence-corrected chi connectivity index (χ3v) is 7.30. The van der Waals surface area contributed by atoms with E-state index in [4.69, 9.17) is 9.15 Å². The third-order valence-electron chi connectivity index (χ3n) is 7.30. The maximum atomic E-state index is 13.5. The highest BCUT2D eigenvalue weighted by Crippen LogP contribution is 2.56. The highest BCUT2D eigenvalue weighted by molar-refractivity contribution is 5.87. The Balaban J connectivity index is 1.53. The van der Waals surface area contributed by atoms with Crippen LogP contribution in [0.2, 0.25) is 0 Å². The molecule has 0 aliphatic carbocycles. The van der Waals surface area contributed by atoms with Gasteiger partial charge >= 0.3 is 6.18 Å². The summed E-state index contributed by atoms with van der Waals surface area (Å²) in [7, 11) is 1.80. The number of anilines is 1. The van der Waals surface area contributed by atoms with Gasteiger partial charge in [0.1, 0.15) is 17.6 Å². The third kappa shape index (κ3) is 2.96. The van der Waals surface area contributed by atoms with Gasteiger partial charge in [-0.15, -0.1) is 0 Å². The van der Waals surface area contributed by atoms with Crippen LogP contribution in [0, 0.1) is 0 Å². The Morgan fingerprint density at radius 2 is 1.83 bits per heavy atom.